The van der Waals surface area contributed by atoms with Crippen molar-refractivity contribution in [2.24, 2.45) is 0 Å². The second-order valence-corrected chi connectivity index (χ2v) is 8.31. The molecule has 1 aromatic carbocycles. The highest BCUT2D eigenvalue weighted by atomic mass is 35.5. The van der Waals surface area contributed by atoms with E-state index >= 15 is 0 Å². The lowest BCUT2D eigenvalue weighted by Gasteiger charge is -2.16. The SMILES string of the molecule is CC(NSc1c(Cl)c(C(=O)Nc2ccc(F)c(C#N)c2)n2c1CCCCC2)OC(F)(F)F. The maximum absolute atomic E-state index is 13.6. The third kappa shape index (κ3) is 5.75. The van der Waals surface area contributed by atoms with E-state index in [2.05, 4.69) is 14.8 Å². The van der Waals surface area contributed by atoms with E-state index in [4.69, 9.17) is 16.9 Å². The number of carbonyl (C=O) groups excluding carboxylic acids is 1. The first-order valence-electron chi connectivity index (χ1n) is 9.69. The van der Waals surface area contributed by atoms with Crippen LogP contribution < -0.4 is 10.0 Å². The summed E-state index contributed by atoms with van der Waals surface area (Å²) in [5.41, 5.74) is 0.890. The summed E-state index contributed by atoms with van der Waals surface area (Å²) in [6.07, 6.45) is -2.98. The van der Waals surface area contributed by atoms with Crippen LogP contribution in [0.5, 0.6) is 0 Å². The Morgan fingerprint density at radius 3 is 2.78 bits per heavy atom. The molecule has 0 bridgehead atoms. The number of amides is 1. The zero-order valence-corrected chi connectivity index (χ0v) is 18.4. The molecule has 2 heterocycles. The zero-order valence-electron chi connectivity index (χ0n) is 16.9. The van der Waals surface area contributed by atoms with Gasteiger partial charge in [-0.15, -0.1) is 13.2 Å². The molecule has 0 saturated heterocycles. The van der Waals surface area contributed by atoms with Crippen molar-refractivity contribution in [1.82, 2.24) is 9.29 Å². The van der Waals surface area contributed by atoms with Gasteiger partial charge in [-0.2, -0.15) is 5.26 Å². The van der Waals surface area contributed by atoms with Crippen molar-refractivity contribution in [3.63, 3.8) is 0 Å². The quantitative estimate of drug-likeness (QED) is 0.312. The van der Waals surface area contributed by atoms with Crippen molar-refractivity contribution in [2.75, 3.05) is 5.32 Å². The molecule has 1 aromatic heterocycles. The van der Waals surface area contributed by atoms with Crippen LogP contribution in [0.25, 0.3) is 0 Å². The van der Waals surface area contributed by atoms with Gasteiger partial charge in [-0.25, -0.2) is 9.11 Å². The number of nitrogens with one attached hydrogen (secondary N) is 2. The molecule has 172 valence electrons. The molecule has 0 fully saturated rings. The maximum atomic E-state index is 13.6. The molecule has 0 radical (unpaired) electrons. The van der Waals surface area contributed by atoms with E-state index in [9.17, 15) is 22.4 Å². The number of benzene rings is 1. The summed E-state index contributed by atoms with van der Waals surface area (Å²) in [7, 11) is 0. The third-order valence-electron chi connectivity index (χ3n) is 4.76. The van der Waals surface area contributed by atoms with Gasteiger partial charge in [0.15, 0.2) is 0 Å². The van der Waals surface area contributed by atoms with E-state index in [1.807, 2.05) is 0 Å². The first-order valence-corrected chi connectivity index (χ1v) is 10.9. The second-order valence-electron chi connectivity index (χ2n) is 7.09. The van der Waals surface area contributed by atoms with Crippen LogP contribution in [-0.2, 0) is 17.7 Å². The molecule has 2 N–H and O–H groups in total. The maximum Gasteiger partial charge on any atom is 0.524 e. The number of halogens is 5. The Bertz CT molecular complexity index is 1050. The Balaban J connectivity index is 1.89. The molecule has 6 nitrogen and oxygen atoms in total. The van der Waals surface area contributed by atoms with Crippen molar-refractivity contribution >= 4 is 35.1 Å². The van der Waals surface area contributed by atoms with Crippen LogP contribution in [0.1, 0.15) is 47.9 Å². The highest BCUT2D eigenvalue weighted by Crippen LogP contribution is 2.38. The number of rotatable bonds is 6. The number of ether oxygens (including phenoxy) is 1. The molecule has 1 amide bonds. The van der Waals surface area contributed by atoms with Crippen LogP contribution in [0.15, 0.2) is 23.1 Å². The molecule has 0 saturated carbocycles. The number of hydrogen-bond donors (Lipinski definition) is 2. The lowest BCUT2D eigenvalue weighted by Crippen LogP contribution is -2.30. The van der Waals surface area contributed by atoms with Gasteiger partial charge in [0.25, 0.3) is 5.91 Å². The van der Waals surface area contributed by atoms with Gasteiger partial charge in [-0.05, 0) is 56.3 Å². The standard InChI is InChI=1S/C20H19ClF4N4O2S/c1-11(31-20(23,24)25)28-32-18-15-5-3-2-4-8-29(15)17(16(18)21)19(30)27-13-6-7-14(22)12(9-13)10-26/h6-7,9,11,28H,2-5,8H2,1H3,(H,27,30). The summed E-state index contributed by atoms with van der Waals surface area (Å²) in [5.74, 6) is -1.28. The first-order chi connectivity index (χ1) is 15.1. The Kier molecular flexibility index (Phi) is 7.71. The molecule has 0 aliphatic carbocycles. The minimum absolute atomic E-state index is 0.0960. The second kappa shape index (κ2) is 10.1. The molecule has 3 rings (SSSR count). The van der Waals surface area contributed by atoms with Crippen molar-refractivity contribution in [3.8, 4) is 6.07 Å². The van der Waals surface area contributed by atoms with Gasteiger partial charge in [0.2, 0.25) is 0 Å². The van der Waals surface area contributed by atoms with E-state index in [0.29, 0.717) is 17.9 Å². The first kappa shape index (κ1) is 24.4. The number of nitrogens with zero attached hydrogens (tertiary/aromatic N) is 2. The lowest BCUT2D eigenvalue weighted by molar-refractivity contribution is -0.341. The van der Waals surface area contributed by atoms with Gasteiger partial charge in [-0.1, -0.05) is 18.0 Å². The van der Waals surface area contributed by atoms with Crippen LogP contribution in [0, 0.1) is 17.1 Å². The Morgan fingerprint density at radius 1 is 1.34 bits per heavy atom. The molecule has 32 heavy (non-hydrogen) atoms. The normalized spacial score (nSPS) is 14.9. The summed E-state index contributed by atoms with van der Waals surface area (Å²) in [5, 5.41) is 11.7. The van der Waals surface area contributed by atoms with Gasteiger partial charge >= 0.3 is 6.36 Å². The number of alkyl halides is 3. The summed E-state index contributed by atoms with van der Waals surface area (Å²) in [6, 6.07) is 5.31. The number of carbonyl (C=O) groups is 1. The Labute approximate surface area is 191 Å². The Morgan fingerprint density at radius 2 is 2.09 bits per heavy atom. The van der Waals surface area contributed by atoms with Gasteiger partial charge in [0.1, 0.15) is 23.8 Å². The van der Waals surface area contributed by atoms with Crippen molar-refractivity contribution in [1.29, 1.82) is 5.26 Å². The molecular weight excluding hydrogens is 472 g/mol. The van der Waals surface area contributed by atoms with Crippen LogP contribution in [0.4, 0.5) is 23.2 Å². The van der Waals surface area contributed by atoms with Crippen molar-refractivity contribution < 1.29 is 27.1 Å². The molecule has 1 unspecified atom stereocenters. The zero-order chi connectivity index (χ0) is 23.5. The van der Waals surface area contributed by atoms with E-state index in [-0.39, 0.29) is 22.0 Å². The van der Waals surface area contributed by atoms with Gasteiger partial charge < -0.3 is 9.88 Å². The van der Waals surface area contributed by atoms with Crippen molar-refractivity contribution in [3.05, 3.63) is 46.0 Å². The monoisotopic (exact) mass is 490 g/mol. The predicted molar refractivity (Wildman–Crippen MR) is 112 cm³/mol. The number of aromatic nitrogens is 1. The van der Waals surface area contributed by atoms with Crippen LogP contribution in [-0.4, -0.2) is 23.1 Å². The third-order valence-corrected chi connectivity index (χ3v) is 6.33. The van der Waals surface area contributed by atoms with Crippen molar-refractivity contribution in [2.45, 2.75) is 56.6 Å². The van der Waals surface area contributed by atoms with Crippen LogP contribution in [0.3, 0.4) is 0 Å². The fraction of sp³-hybridized carbons (Fsp3) is 0.400. The molecule has 1 aliphatic rings. The fourth-order valence-corrected chi connectivity index (χ4v) is 4.68. The van der Waals surface area contributed by atoms with Crippen LogP contribution in [0.2, 0.25) is 5.02 Å². The van der Waals surface area contributed by atoms with E-state index in [1.54, 1.807) is 10.6 Å². The fourth-order valence-electron chi connectivity index (χ4n) is 3.42. The highest BCUT2D eigenvalue weighted by molar-refractivity contribution is 7.97. The highest BCUT2D eigenvalue weighted by Gasteiger charge is 2.33. The van der Waals surface area contributed by atoms with Gasteiger partial charge in [0.05, 0.1) is 15.5 Å². The number of hydrogen-bond acceptors (Lipinski definition) is 5. The molecule has 0 spiro atoms. The average Bonchev–Trinajstić information content (AvgIpc) is 2.83. The minimum Gasteiger partial charge on any atom is -0.338 e. The molecular formula is C20H19ClF4N4O2S. The summed E-state index contributed by atoms with van der Waals surface area (Å²) >= 11 is 7.39. The largest absolute Gasteiger partial charge is 0.524 e. The summed E-state index contributed by atoms with van der Waals surface area (Å²) in [6.45, 7) is 1.72. The smallest absolute Gasteiger partial charge is 0.338 e. The summed E-state index contributed by atoms with van der Waals surface area (Å²) in [4.78, 5) is 13.5. The predicted octanol–water partition coefficient (Wildman–Crippen LogP) is 5.61. The van der Waals surface area contributed by atoms with Gasteiger partial charge in [0, 0.05) is 17.9 Å². The number of fused-ring (bicyclic) bond motifs is 1. The minimum atomic E-state index is -4.79. The lowest BCUT2D eigenvalue weighted by atomic mass is 10.2. The van der Waals surface area contributed by atoms with E-state index in [1.165, 1.54) is 19.1 Å². The Hall–Kier alpha value is -2.26. The molecule has 2 aromatic rings. The topological polar surface area (TPSA) is 79.1 Å². The number of nitriles is 1. The van der Waals surface area contributed by atoms with E-state index < -0.39 is 24.3 Å². The molecule has 12 heteroatoms. The molecule has 1 atom stereocenters. The molecule has 1 aliphatic heterocycles. The average molecular weight is 491 g/mol. The number of anilines is 1. The van der Waals surface area contributed by atoms with E-state index in [0.717, 1.165) is 43.0 Å². The van der Waals surface area contributed by atoms with Crippen LogP contribution >= 0.6 is 23.5 Å². The summed E-state index contributed by atoms with van der Waals surface area (Å²) < 4.78 is 59.1. The van der Waals surface area contributed by atoms with Gasteiger partial charge in [-0.3, -0.25) is 9.53 Å².